The minimum Gasteiger partial charge on any atom is -0.496 e. The maximum Gasteiger partial charge on any atom is 0.328 e. The Balaban J connectivity index is 0.00000902. The van der Waals surface area contributed by atoms with Gasteiger partial charge in [-0.25, -0.2) is 9.59 Å². The zero-order valence-corrected chi connectivity index (χ0v) is 58.3. The molecule has 22 nitrogen and oxygen atoms in total. The Hall–Kier alpha value is -6.18. The van der Waals surface area contributed by atoms with Crippen LogP contribution < -0.4 is 30.7 Å². The molecule has 3 fully saturated rings. The lowest BCUT2D eigenvalue weighted by Crippen LogP contribution is -2.53. The predicted octanol–water partition coefficient (Wildman–Crippen LogP) is 8.27. The Morgan fingerprint density at radius 1 is 0.978 bits per heavy atom. The molecule has 25 heteroatoms. The number of rotatable bonds is 26. The van der Waals surface area contributed by atoms with Crippen LogP contribution in [0.4, 0.5) is 10.5 Å². The summed E-state index contributed by atoms with van der Waals surface area (Å²) < 4.78 is 41.3. The number of esters is 3. The Bertz CT molecular complexity index is 3050. The molecule has 512 valence electrons. The van der Waals surface area contributed by atoms with Crippen molar-refractivity contribution in [3.8, 4) is 11.5 Å². The summed E-state index contributed by atoms with van der Waals surface area (Å²) in [5.74, 6) is -5.15. The van der Waals surface area contributed by atoms with Gasteiger partial charge in [0.25, 0.3) is 5.91 Å². The first-order valence-corrected chi connectivity index (χ1v) is 31.6. The van der Waals surface area contributed by atoms with E-state index in [9.17, 15) is 48.3 Å². The summed E-state index contributed by atoms with van der Waals surface area (Å²) in [5.41, 5.74) is 4.04. The average Bonchev–Trinajstić information content (AvgIpc) is 1.57. The van der Waals surface area contributed by atoms with E-state index in [4.69, 9.17) is 50.5 Å². The number of Topliss-reactive ketones (excluding diaryl/α,β-unsaturated/α-hetero) is 2. The topological polar surface area (TPSA) is 298 Å². The number of halogens is 1. The summed E-state index contributed by atoms with van der Waals surface area (Å²) in [5, 5.41) is 17.6. The number of hydrogen-bond donors (Lipinski definition) is 4. The Morgan fingerprint density at radius 2 is 1.66 bits per heavy atom. The first-order chi connectivity index (χ1) is 42.3. The monoisotopic (exact) mass is 1340 g/mol. The van der Waals surface area contributed by atoms with Gasteiger partial charge in [0, 0.05) is 65.3 Å². The molecular formula is C67H98ClN5O17S2. The smallest absolute Gasteiger partial charge is 0.328 e. The molecule has 0 radical (unpaired) electrons. The van der Waals surface area contributed by atoms with Gasteiger partial charge in [-0.05, 0) is 127 Å². The number of ether oxygens (including phenoxy) is 7. The molecule has 0 aromatic heterocycles. The van der Waals surface area contributed by atoms with E-state index in [1.807, 2.05) is 40.7 Å². The van der Waals surface area contributed by atoms with E-state index in [1.165, 1.54) is 59.4 Å². The summed E-state index contributed by atoms with van der Waals surface area (Å²) in [6, 6.07) is 4.97. The van der Waals surface area contributed by atoms with Gasteiger partial charge in [0.05, 0.1) is 56.4 Å². The van der Waals surface area contributed by atoms with E-state index in [0.717, 1.165) is 35.3 Å². The number of carbonyl (C=O) groups is 9. The fraction of sp³-hybridized carbons (Fsp3) is 0.627. The van der Waals surface area contributed by atoms with Crippen molar-refractivity contribution in [3.05, 3.63) is 75.8 Å². The maximum absolute atomic E-state index is 14.6. The van der Waals surface area contributed by atoms with Gasteiger partial charge in [0.15, 0.2) is 5.78 Å². The highest BCUT2D eigenvalue weighted by atomic mass is 35.5. The zero-order valence-electron chi connectivity index (χ0n) is 55.5. The van der Waals surface area contributed by atoms with Crippen LogP contribution in [0.5, 0.6) is 11.5 Å². The minimum atomic E-state index is -1.67. The number of aliphatic hydroxyl groups is 1. The number of unbranched alkanes of at least 4 members (excludes halogenated alkanes) is 1. The van der Waals surface area contributed by atoms with Crippen molar-refractivity contribution in [2.24, 2.45) is 29.4 Å². The predicted molar refractivity (Wildman–Crippen MR) is 357 cm³/mol. The fourth-order valence-corrected chi connectivity index (χ4v) is 12.3. The van der Waals surface area contributed by atoms with Crippen molar-refractivity contribution in [2.75, 3.05) is 46.9 Å². The number of allylic oxidation sites excluding steroid dienone is 3. The summed E-state index contributed by atoms with van der Waals surface area (Å²) in [4.78, 5) is 125. The van der Waals surface area contributed by atoms with Crippen LogP contribution in [0.1, 0.15) is 160 Å². The molecule has 3 heterocycles. The molecule has 5 N–H and O–H groups in total. The van der Waals surface area contributed by atoms with Crippen molar-refractivity contribution in [1.29, 1.82) is 0 Å². The van der Waals surface area contributed by atoms with Crippen molar-refractivity contribution < 1.29 is 81.4 Å². The molecule has 2 aromatic carbocycles. The SMILES string of the molecule is COc1cc(CC(=O)[C@H](CCCNC(N)=O)NC(=O)[C@@H](CC(=O)CCCCC(C)(C)OC(=O)C2CCC2)C(C)C)ccc1C(=O)N(C)[C@@H](C)C(=O)O[C@H]1CC(=O)N(C)c2cc(cc(OC)c2Cl)C/C(C)=C/C=C/[C@@H](OC)[C@]2(O)CC(=O)O[C@@H](C2)[C@@H](C)[C@@H]2O[C@@]12C.S.S. The third-order valence-corrected chi connectivity index (χ3v) is 18.5. The van der Waals surface area contributed by atoms with Crippen LogP contribution >= 0.6 is 38.6 Å². The van der Waals surface area contributed by atoms with Crippen LogP contribution in [0.3, 0.4) is 0 Å². The molecule has 1 saturated carbocycles. The number of methoxy groups -OCH3 is 3. The molecule has 6 rings (SSSR count). The Kier molecular flexibility index (Phi) is 29.2. The van der Waals surface area contributed by atoms with E-state index < -0.39 is 113 Å². The van der Waals surface area contributed by atoms with Crippen LogP contribution in [0.25, 0.3) is 0 Å². The number of urea groups is 1. The van der Waals surface area contributed by atoms with Gasteiger partial charge < -0.3 is 64.4 Å². The molecule has 92 heavy (non-hydrogen) atoms. The first-order valence-electron chi connectivity index (χ1n) is 31.2. The van der Waals surface area contributed by atoms with Gasteiger partial charge in [0.2, 0.25) is 11.8 Å². The maximum atomic E-state index is 14.6. The Morgan fingerprint density at radius 3 is 2.28 bits per heavy atom. The van der Waals surface area contributed by atoms with Crippen molar-refractivity contribution in [1.82, 2.24) is 15.5 Å². The molecule has 1 aliphatic carbocycles. The molecule has 4 bridgehead atoms. The van der Waals surface area contributed by atoms with Gasteiger partial charge in [-0.15, -0.1) is 0 Å². The van der Waals surface area contributed by atoms with Crippen LogP contribution in [0, 0.1) is 23.7 Å². The second-order valence-corrected chi connectivity index (χ2v) is 26.3. The number of fused-ring (bicyclic) bond motifs is 5. The number of primary amides is 1. The molecule has 4 aliphatic rings. The normalized spacial score (nSPS) is 24.4. The number of amides is 5. The van der Waals surface area contributed by atoms with Crippen LogP contribution in [0.15, 0.2) is 54.1 Å². The number of likely N-dealkylation sites (N-methyl/N-ethyl adjacent to an activating group) is 1. The third-order valence-electron chi connectivity index (χ3n) is 18.1. The molecule has 0 unspecified atom stereocenters. The van der Waals surface area contributed by atoms with E-state index in [0.29, 0.717) is 42.7 Å². The van der Waals surface area contributed by atoms with Crippen molar-refractivity contribution in [2.45, 2.75) is 205 Å². The van der Waals surface area contributed by atoms with Crippen molar-refractivity contribution >= 4 is 97.5 Å². The molecule has 10 atom stereocenters. The minimum absolute atomic E-state index is 0. The van der Waals surface area contributed by atoms with Gasteiger partial charge >= 0.3 is 23.9 Å². The summed E-state index contributed by atoms with van der Waals surface area (Å²) in [7, 11) is 7.18. The second kappa shape index (κ2) is 34.3. The highest BCUT2D eigenvalue weighted by Gasteiger charge is 2.64. The third kappa shape index (κ3) is 20.4. The van der Waals surface area contributed by atoms with E-state index in [1.54, 1.807) is 44.2 Å². The highest BCUT2D eigenvalue weighted by Crippen LogP contribution is 2.50. The fourth-order valence-electron chi connectivity index (χ4n) is 12.0. The molecule has 2 aromatic rings. The molecule has 3 aliphatic heterocycles. The summed E-state index contributed by atoms with van der Waals surface area (Å²) >= 11 is 6.88. The lowest BCUT2D eigenvalue weighted by atomic mass is 9.78. The highest BCUT2D eigenvalue weighted by molar-refractivity contribution is 7.59. The van der Waals surface area contributed by atoms with Crippen LogP contribution in [-0.2, 0) is 70.1 Å². The number of carbonyl (C=O) groups excluding carboxylic acids is 9. The number of anilines is 1. The molecule has 5 amide bonds. The number of hydrogen-bond acceptors (Lipinski definition) is 17. The number of nitrogens with zero attached hydrogens (tertiary/aromatic N) is 2. The van der Waals surface area contributed by atoms with Crippen LogP contribution in [0.2, 0.25) is 5.02 Å². The standard InChI is InChI=1S/C67H94ClN5O17.2H2S/c1-38(2)47(34-45(74)22-14-15-27-65(6,7)90-63(81)44-20-17-21-44)60(78)71-48(23-18-28-70-64(69)82)50(75)31-42-25-26-46(51(32-42)84-11)61(79)72(9)41(5)62(80)88-55-35-56(76)73(10)49-30-43(33-52(85-12)58(49)68)29-39(3)19-16-24-54(86-13)67(83)36-53(87-57(77)37-67)40(4)59-66(55,8)89-59;;/h16,19,24-26,30,32-33,38,40-41,44,47-48,53-55,59,83H,14-15,17-18,20-23,27-29,31,34-37H2,1-13H3,(H,71,78)(H3,69,70,82);2*1H2/b24-16+,39-19+;;/t40-,41+,47+,48+,53+,54-,55+,59+,66+,67-;;/m1../s1. The summed E-state index contributed by atoms with van der Waals surface area (Å²) in [6.07, 6.45) is 5.91. The number of benzene rings is 2. The van der Waals surface area contributed by atoms with E-state index in [-0.39, 0.29) is 118 Å². The van der Waals surface area contributed by atoms with Gasteiger partial charge in [-0.3, -0.25) is 33.6 Å². The molecule has 0 spiro atoms. The number of ketones is 2. The van der Waals surface area contributed by atoms with Gasteiger partial charge in [-0.1, -0.05) is 68.7 Å². The zero-order chi connectivity index (χ0) is 66.6. The number of nitrogens with one attached hydrogen (secondary N) is 2. The average molecular weight is 1350 g/mol. The van der Waals surface area contributed by atoms with Crippen LogP contribution in [-0.4, -0.2) is 159 Å². The number of nitrogens with two attached hydrogens (primary N) is 1. The van der Waals surface area contributed by atoms with Gasteiger partial charge in [0.1, 0.15) is 63.5 Å². The lowest BCUT2D eigenvalue weighted by Gasteiger charge is -2.41. The lowest BCUT2D eigenvalue weighted by molar-refractivity contribution is -0.187. The first kappa shape index (κ1) is 78.3. The molecule has 2 saturated heterocycles. The largest absolute Gasteiger partial charge is 0.496 e. The van der Waals surface area contributed by atoms with E-state index in [2.05, 4.69) is 10.6 Å². The number of epoxide rings is 1. The molecular weight excluding hydrogens is 1250 g/mol. The summed E-state index contributed by atoms with van der Waals surface area (Å²) in [6.45, 7) is 14.3. The van der Waals surface area contributed by atoms with Gasteiger partial charge in [-0.2, -0.15) is 27.0 Å². The van der Waals surface area contributed by atoms with Crippen molar-refractivity contribution in [3.63, 3.8) is 0 Å². The second-order valence-electron chi connectivity index (χ2n) is 25.9. The quantitative estimate of drug-likeness (QED) is 0.0298. The Labute approximate surface area is 560 Å². The van der Waals surface area contributed by atoms with E-state index >= 15 is 0 Å².